The van der Waals surface area contributed by atoms with Crippen LogP contribution in [0.1, 0.15) is 18.6 Å². The minimum Gasteiger partial charge on any atom is -0.467 e. The van der Waals surface area contributed by atoms with Crippen molar-refractivity contribution in [1.29, 1.82) is 0 Å². The average molecular weight is 328 g/mol. The fourth-order valence-corrected chi connectivity index (χ4v) is 2.69. The van der Waals surface area contributed by atoms with E-state index in [1.54, 1.807) is 12.5 Å². The van der Waals surface area contributed by atoms with E-state index >= 15 is 0 Å². The van der Waals surface area contributed by atoms with Crippen molar-refractivity contribution in [2.45, 2.75) is 25.4 Å². The van der Waals surface area contributed by atoms with Gasteiger partial charge in [-0.2, -0.15) is 0 Å². The van der Waals surface area contributed by atoms with Crippen molar-refractivity contribution in [2.75, 3.05) is 4.90 Å². The molecule has 2 aromatic rings. The maximum atomic E-state index is 6.27. The number of hydrogen-bond acceptors (Lipinski definition) is 3. The fraction of sp³-hybridized carbons (Fsp3) is 0.308. The summed E-state index contributed by atoms with van der Waals surface area (Å²) >= 11 is 9.65. The normalized spacial score (nSPS) is 14.8. The molecule has 3 nitrogen and oxygen atoms in total. The molecule has 1 aliphatic carbocycles. The zero-order valence-electron chi connectivity index (χ0n) is 9.64. The van der Waals surface area contributed by atoms with E-state index in [0.29, 0.717) is 17.6 Å². The maximum Gasteiger partial charge on any atom is 0.148 e. The van der Waals surface area contributed by atoms with E-state index in [0.717, 1.165) is 16.1 Å². The van der Waals surface area contributed by atoms with Crippen LogP contribution in [0.2, 0.25) is 5.02 Å². The van der Waals surface area contributed by atoms with Gasteiger partial charge in [0.15, 0.2) is 0 Å². The second kappa shape index (κ2) is 4.94. The van der Waals surface area contributed by atoms with Gasteiger partial charge in [0.05, 0.1) is 17.8 Å². The minimum absolute atomic E-state index is 0.529. The Morgan fingerprint density at radius 2 is 2.33 bits per heavy atom. The van der Waals surface area contributed by atoms with Crippen LogP contribution in [0.3, 0.4) is 0 Å². The van der Waals surface area contributed by atoms with Gasteiger partial charge in [-0.1, -0.05) is 11.6 Å². The maximum absolute atomic E-state index is 6.27. The molecule has 0 bridgehead atoms. The SMILES string of the molecule is Clc1cc(Br)cnc1N(Cc1ccco1)C1CC1. The molecule has 0 spiro atoms. The van der Waals surface area contributed by atoms with Crippen LogP contribution in [0.25, 0.3) is 0 Å². The van der Waals surface area contributed by atoms with E-state index in [4.69, 9.17) is 16.0 Å². The first kappa shape index (κ1) is 12.1. The Balaban J connectivity index is 1.89. The molecule has 2 heterocycles. The van der Waals surface area contributed by atoms with Crippen molar-refractivity contribution < 1.29 is 4.42 Å². The first-order chi connectivity index (χ1) is 8.74. The third-order valence-corrected chi connectivity index (χ3v) is 3.67. The first-order valence-corrected chi connectivity index (χ1v) is 7.01. The van der Waals surface area contributed by atoms with Crippen molar-refractivity contribution in [3.05, 3.63) is 45.9 Å². The van der Waals surface area contributed by atoms with Gasteiger partial charge in [0.1, 0.15) is 11.6 Å². The summed E-state index contributed by atoms with van der Waals surface area (Å²) in [5, 5.41) is 0.669. The van der Waals surface area contributed by atoms with Crippen LogP contribution >= 0.6 is 27.5 Å². The summed E-state index contributed by atoms with van der Waals surface area (Å²) in [6.07, 6.45) is 5.85. The molecule has 0 saturated heterocycles. The molecule has 18 heavy (non-hydrogen) atoms. The average Bonchev–Trinajstić information content (AvgIpc) is 3.05. The second-order valence-corrected chi connectivity index (χ2v) is 5.72. The van der Waals surface area contributed by atoms with Crippen LogP contribution < -0.4 is 4.90 Å². The van der Waals surface area contributed by atoms with Crippen molar-refractivity contribution in [3.63, 3.8) is 0 Å². The lowest BCUT2D eigenvalue weighted by Crippen LogP contribution is -2.26. The van der Waals surface area contributed by atoms with Gasteiger partial charge in [-0.15, -0.1) is 0 Å². The Kier molecular flexibility index (Phi) is 3.31. The molecular formula is C13H12BrClN2O. The molecule has 0 N–H and O–H groups in total. The summed E-state index contributed by atoms with van der Waals surface area (Å²) in [6, 6.07) is 6.28. The van der Waals surface area contributed by atoms with Crippen LogP contribution in [0, 0.1) is 0 Å². The molecule has 1 fully saturated rings. The van der Waals surface area contributed by atoms with Crippen molar-refractivity contribution in [3.8, 4) is 0 Å². The second-order valence-electron chi connectivity index (χ2n) is 4.40. The Labute approximate surface area is 119 Å². The molecular weight excluding hydrogens is 316 g/mol. The summed E-state index contributed by atoms with van der Waals surface area (Å²) < 4.78 is 6.30. The number of anilines is 1. The van der Waals surface area contributed by atoms with Gasteiger partial charge in [0, 0.05) is 16.7 Å². The molecule has 5 heteroatoms. The molecule has 0 aromatic carbocycles. The number of rotatable bonds is 4. The third-order valence-electron chi connectivity index (χ3n) is 2.95. The molecule has 0 atom stereocenters. The number of halogens is 2. The lowest BCUT2D eigenvalue weighted by Gasteiger charge is -2.23. The molecule has 0 aliphatic heterocycles. The third kappa shape index (κ3) is 2.54. The van der Waals surface area contributed by atoms with E-state index in [9.17, 15) is 0 Å². The van der Waals surface area contributed by atoms with Crippen molar-refractivity contribution in [1.82, 2.24) is 4.98 Å². The molecule has 1 aliphatic rings. The Bertz CT molecular complexity index is 540. The summed E-state index contributed by atoms with van der Waals surface area (Å²) in [5.74, 6) is 1.77. The molecule has 3 rings (SSSR count). The fourth-order valence-electron chi connectivity index (χ4n) is 1.95. The van der Waals surface area contributed by atoms with E-state index in [-0.39, 0.29) is 0 Å². The van der Waals surface area contributed by atoms with Crippen LogP contribution in [0.4, 0.5) is 5.82 Å². The lowest BCUT2D eigenvalue weighted by atomic mass is 10.3. The number of hydrogen-bond donors (Lipinski definition) is 0. The summed E-state index contributed by atoms with van der Waals surface area (Å²) in [7, 11) is 0. The number of furan rings is 1. The van der Waals surface area contributed by atoms with Crippen LogP contribution in [-0.4, -0.2) is 11.0 Å². The van der Waals surface area contributed by atoms with Gasteiger partial charge >= 0.3 is 0 Å². The van der Waals surface area contributed by atoms with Crippen molar-refractivity contribution in [2.24, 2.45) is 0 Å². The highest BCUT2D eigenvalue weighted by molar-refractivity contribution is 9.10. The van der Waals surface area contributed by atoms with Crippen LogP contribution in [-0.2, 0) is 6.54 Å². The summed E-state index contributed by atoms with van der Waals surface area (Å²) in [6.45, 7) is 0.714. The summed E-state index contributed by atoms with van der Waals surface area (Å²) in [4.78, 5) is 6.64. The van der Waals surface area contributed by atoms with Gasteiger partial charge in [-0.05, 0) is 47.0 Å². The highest BCUT2D eigenvalue weighted by atomic mass is 79.9. The number of pyridine rings is 1. The molecule has 0 unspecified atom stereocenters. The zero-order valence-corrected chi connectivity index (χ0v) is 12.0. The molecule has 0 radical (unpaired) electrons. The highest BCUT2D eigenvalue weighted by Gasteiger charge is 2.31. The van der Waals surface area contributed by atoms with Gasteiger partial charge in [-0.25, -0.2) is 4.98 Å². The van der Waals surface area contributed by atoms with E-state index in [1.807, 2.05) is 18.2 Å². The Hall–Kier alpha value is -1.00. The van der Waals surface area contributed by atoms with Crippen LogP contribution in [0.15, 0.2) is 39.5 Å². The Morgan fingerprint density at radius 3 is 2.94 bits per heavy atom. The molecule has 1 saturated carbocycles. The number of aromatic nitrogens is 1. The van der Waals surface area contributed by atoms with E-state index in [1.165, 1.54) is 12.8 Å². The molecule has 94 valence electrons. The van der Waals surface area contributed by atoms with Gasteiger partial charge in [0.25, 0.3) is 0 Å². The van der Waals surface area contributed by atoms with Crippen molar-refractivity contribution >= 4 is 33.3 Å². The topological polar surface area (TPSA) is 29.3 Å². The van der Waals surface area contributed by atoms with Gasteiger partial charge < -0.3 is 9.32 Å². The van der Waals surface area contributed by atoms with E-state index in [2.05, 4.69) is 25.8 Å². The van der Waals surface area contributed by atoms with Crippen LogP contribution in [0.5, 0.6) is 0 Å². The monoisotopic (exact) mass is 326 g/mol. The molecule has 2 aromatic heterocycles. The molecule has 0 amide bonds. The van der Waals surface area contributed by atoms with Gasteiger partial charge in [-0.3, -0.25) is 0 Å². The zero-order chi connectivity index (χ0) is 12.5. The summed E-state index contributed by atoms with van der Waals surface area (Å²) in [5.41, 5.74) is 0. The quantitative estimate of drug-likeness (QED) is 0.840. The largest absolute Gasteiger partial charge is 0.467 e. The smallest absolute Gasteiger partial charge is 0.148 e. The standard InChI is InChI=1S/C13H12BrClN2O/c14-9-6-12(15)13(16-7-9)17(10-3-4-10)8-11-2-1-5-18-11/h1-2,5-7,10H,3-4,8H2. The minimum atomic E-state index is 0.529. The number of nitrogens with zero attached hydrogens (tertiary/aromatic N) is 2. The Morgan fingerprint density at radius 1 is 1.50 bits per heavy atom. The first-order valence-electron chi connectivity index (χ1n) is 5.84. The predicted molar refractivity (Wildman–Crippen MR) is 74.9 cm³/mol. The van der Waals surface area contributed by atoms with Gasteiger partial charge in [0.2, 0.25) is 0 Å². The predicted octanol–water partition coefficient (Wildman–Crippen LogP) is 4.26. The van der Waals surface area contributed by atoms with E-state index < -0.39 is 0 Å². The highest BCUT2D eigenvalue weighted by Crippen LogP contribution is 2.36. The lowest BCUT2D eigenvalue weighted by molar-refractivity contribution is 0.500.